The van der Waals surface area contributed by atoms with Crippen molar-refractivity contribution < 1.29 is 22.6 Å². The first-order chi connectivity index (χ1) is 7.97. The van der Waals surface area contributed by atoms with Crippen LogP contribution in [0.5, 0.6) is 0 Å². The highest BCUT2D eigenvalue weighted by atomic mass is 32.1. The van der Waals surface area contributed by atoms with Crippen molar-refractivity contribution in [2.24, 2.45) is 5.73 Å². The van der Waals surface area contributed by atoms with Crippen molar-refractivity contribution in [2.75, 3.05) is 13.2 Å². The molecule has 0 saturated carbocycles. The molecule has 96 valence electrons. The zero-order chi connectivity index (χ0) is 12.5. The number of alkyl halides is 3. The number of nitrogens with two attached hydrogens (primary N) is 1. The predicted octanol–water partition coefficient (Wildman–Crippen LogP) is 1.92. The second kappa shape index (κ2) is 4.89. The third-order valence-electron chi connectivity index (χ3n) is 2.27. The van der Waals surface area contributed by atoms with Crippen molar-refractivity contribution in [3.63, 3.8) is 0 Å². The highest BCUT2D eigenvalue weighted by molar-refractivity contribution is 7.11. The minimum Gasteiger partial charge on any atom is -0.350 e. The molecule has 0 bridgehead atoms. The zero-order valence-corrected chi connectivity index (χ0v) is 9.55. The molecule has 1 aliphatic rings. The maximum atomic E-state index is 12.3. The van der Waals surface area contributed by atoms with Crippen LogP contribution in [-0.4, -0.2) is 24.5 Å². The van der Waals surface area contributed by atoms with Crippen LogP contribution >= 0.6 is 11.3 Å². The SMILES string of the molecule is NC(CC1OCCO1)c1cnc(C(F)(F)F)s1. The first-order valence-electron chi connectivity index (χ1n) is 4.98. The molecule has 0 amide bonds. The molecule has 1 saturated heterocycles. The van der Waals surface area contributed by atoms with Gasteiger partial charge in [-0.15, -0.1) is 11.3 Å². The fourth-order valence-electron chi connectivity index (χ4n) is 1.46. The van der Waals surface area contributed by atoms with Gasteiger partial charge in [-0.1, -0.05) is 0 Å². The monoisotopic (exact) mass is 268 g/mol. The lowest BCUT2D eigenvalue weighted by atomic mass is 10.2. The van der Waals surface area contributed by atoms with E-state index < -0.39 is 23.5 Å². The summed E-state index contributed by atoms with van der Waals surface area (Å²) in [6, 6.07) is -0.549. The Labute approximate surface area is 99.5 Å². The molecule has 0 radical (unpaired) electrons. The molecule has 1 aromatic rings. The van der Waals surface area contributed by atoms with Crippen LogP contribution < -0.4 is 5.73 Å². The Kier molecular flexibility index (Phi) is 3.67. The summed E-state index contributed by atoms with van der Waals surface area (Å²) in [5.74, 6) is 0. The van der Waals surface area contributed by atoms with E-state index >= 15 is 0 Å². The Morgan fingerprint density at radius 1 is 1.47 bits per heavy atom. The highest BCUT2D eigenvalue weighted by Gasteiger charge is 2.35. The predicted molar refractivity (Wildman–Crippen MR) is 54.4 cm³/mol. The number of hydrogen-bond acceptors (Lipinski definition) is 5. The lowest BCUT2D eigenvalue weighted by Crippen LogP contribution is -2.18. The second-order valence-electron chi connectivity index (χ2n) is 3.58. The molecule has 2 rings (SSSR count). The van der Waals surface area contributed by atoms with E-state index in [1.165, 1.54) is 0 Å². The van der Waals surface area contributed by atoms with E-state index in [4.69, 9.17) is 15.2 Å². The summed E-state index contributed by atoms with van der Waals surface area (Å²) in [6.07, 6.45) is -3.35. The molecule has 1 atom stereocenters. The van der Waals surface area contributed by atoms with Crippen molar-refractivity contribution in [3.05, 3.63) is 16.1 Å². The average Bonchev–Trinajstić information content (AvgIpc) is 2.85. The Bertz CT molecular complexity index is 377. The molecule has 8 heteroatoms. The summed E-state index contributed by atoms with van der Waals surface area (Å²) in [5.41, 5.74) is 5.77. The van der Waals surface area contributed by atoms with Gasteiger partial charge in [0.15, 0.2) is 11.3 Å². The fourth-order valence-corrected chi connectivity index (χ4v) is 2.25. The Morgan fingerprint density at radius 3 is 2.65 bits per heavy atom. The van der Waals surface area contributed by atoms with Gasteiger partial charge in [0.2, 0.25) is 0 Å². The number of halogens is 3. The third-order valence-corrected chi connectivity index (χ3v) is 3.44. The molecule has 2 heterocycles. The van der Waals surface area contributed by atoms with E-state index in [2.05, 4.69) is 4.98 Å². The molecular formula is C9H11F3N2O2S. The van der Waals surface area contributed by atoms with Crippen LogP contribution in [0.2, 0.25) is 0 Å². The van der Waals surface area contributed by atoms with Crippen molar-refractivity contribution in [2.45, 2.75) is 24.9 Å². The fraction of sp³-hybridized carbons (Fsp3) is 0.667. The third kappa shape index (κ3) is 3.15. The molecule has 1 aromatic heterocycles. The van der Waals surface area contributed by atoms with Gasteiger partial charge in [-0.25, -0.2) is 4.98 Å². The number of ether oxygens (including phenoxy) is 2. The topological polar surface area (TPSA) is 57.4 Å². The summed E-state index contributed by atoms with van der Waals surface area (Å²) in [4.78, 5) is 3.70. The molecule has 1 unspecified atom stereocenters. The van der Waals surface area contributed by atoms with Gasteiger partial charge in [0, 0.05) is 23.5 Å². The van der Waals surface area contributed by atoms with Crippen LogP contribution in [0.15, 0.2) is 6.20 Å². The lowest BCUT2D eigenvalue weighted by Gasteiger charge is -2.13. The van der Waals surface area contributed by atoms with Gasteiger partial charge < -0.3 is 15.2 Å². The molecule has 1 fully saturated rings. The smallest absolute Gasteiger partial charge is 0.350 e. The molecule has 0 aliphatic carbocycles. The van der Waals surface area contributed by atoms with Gasteiger partial charge in [-0.2, -0.15) is 13.2 Å². The molecule has 0 spiro atoms. The minimum atomic E-state index is -4.41. The molecule has 17 heavy (non-hydrogen) atoms. The van der Waals surface area contributed by atoms with Crippen molar-refractivity contribution >= 4 is 11.3 Å². The molecule has 1 aliphatic heterocycles. The lowest BCUT2D eigenvalue weighted by molar-refractivity contribution is -0.137. The van der Waals surface area contributed by atoms with E-state index in [0.717, 1.165) is 6.20 Å². The summed E-state index contributed by atoms with van der Waals surface area (Å²) in [7, 11) is 0. The number of aromatic nitrogens is 1. The maximum Gasteiger partial charge on any atom is 0.443 e. The van der Waals surface area contributed by atoms with Gasteiger partial charge in [-0.3, -0.25) is 0 Å². The van der Waals surface area contributed by atoms with Gasteiger partial charge in [-0.05, 0) is 0 Å². The number of thiazole rings is 1. The van der Waals surface area contributed by atoms with Crippen LogP contribution in [0.3, 0.4) is 0 Å². The molecule has 2 N–H and O–H groups in total. The van der Waals surface area contributed by atoms with Crippen molar-refractivity contribution in [1.29, 1.82) is 0 Å². The first-order valence-corrected chi connectivity index (χ1v) is 5.80. The number of hydrogen-bond donors (Lipinski definition) is 1. The van der Waals surface area contributed by atoms with Crippen molar-refractivity contribution in [3.8, 4) is 0 Å². The summed E-state index contributed by atoms with van der Waals surface area (Å²) < 4.78 is 47.3. The number of nitrogens with zero attached hydrogens (tertiary/aromatic N) is 1. The normalized spacial score (nSPS) is 19.8. The molecule has 4 nitrogen and oxygen atoms in total. The average molecular weight is 268 g/mol. The van der Waals surface area contributed by atoms with E-state index in [-0.39, 0.29) is 0 Å². The Morgan fingerprint density at radius 2 is 2.12 bits per heavy atom. The van der Waals surface area contributed by atoms with E-state index in [9.17, 15) is 13.2 Å². The highest BCUT2D eigenvalue weighted by Crippen LogP contribution is 2.34. The second-order valence-corrected chi connectivity index (χ2v) is 4.64. The Balaban J connectivity index is 1.99. The standard InChI is InChI=1S/C9H11F3N2O2S/c10-9(11,12)8-14-4-6(17-8)5(13)3-7-15-1-2-16-7/h4-5,7H,1-3,13H2. The van der Waals surface area contributed by atoms with E-state index in [1.54, 1.807) is 0 Å². The zero-order valence-electron chi connectivity index (χ0n) is 8.74. The van der Waals surface area contributed by atoms with Gasteiger partial charge in [0.05, 0.1) is 13.2 Å². The molecule has 0 aromatic carbocycles. The quantitative estimate of drug-likeness (QED) is 0.910. The largest absolute Gasteiger partial charge is 0.443 e. The van der Waals surface area contributed by atoms with Crippen LogP contribution in [0.4, 0.5) is 13.2 Å². The van der Waals surface area contributed by atoms with E-state index in [0.29, 0.717) is 35.8 Å². The van der Waals surface area contributed by atoms with E-state index in [1.807, 2.05) is 0 Å². The number of rotatable bonds is 3. The van der Waals surface area contributed by atoms with Gasteiger partial charge in [0.1, 0.15) is 0 Å². The summed E-state index contributed by atoms with van der Waals surface area (Å²) in [6.45, 7) is 0.988. The summed E-state index contributed by atoms with van der Waals surface area (Å²) >= 11 is 0.559. The van der Waals surface area contributed by atoms with Crippen LogP contribution in [-0.2, 0) is 15.7 Å². The molecular weight excluding hydrogens is 257 g/mol. The summed E-state index contributed by atoms with van der Waals surface area (Å²) in [5, 5.41) is -0.879. The van der Waals surface area contributed by atoms with Crippen molar-refractivity contribution in [1.82, 2.24) is 4.98 Å². The van der Waals surface area contributed by atoms with Gasteiger partial charge >= 0.3 is 6.18 Å². The maximum absolute atomic E-state index is 12.3. The van der Waals surface area contributed by atoms with Gasteiger partial charge in [0.25, 0.3) is 0 Å². The van der Waals surface area contributed by atoms with Crippen LogP contribution in [0, 0.1) is 0 Å². The first kappa shape index (κ1) is 12.7. The Hall–Kier alpha value is -0.700. The van der Waals surface area contributed by atoms with Crippen LogP contribution in [0.1, 0.15) is 22.3 Å². The minimum absolute atomic E-state index is 0.333. The van der Waals surface area contributed by atoms with Crippen LogP contribution in [0.25, 0.3) is 0 Å².